The van der Waals surface area contributed by atoms with Crippen molar-refractivity contribution in [3.63, 3.8) is 0 Å². The second kappa shape index (κ2) is 6.18. The maximum absolute atomic E-state index is 11.8. The Morgan fingerprint density at radius 2 is 2.05 bits per heavy atom. The van der Waals surface area contributed by atoms with Crippen molar-refractivity contribution in [1.29, 1.82) is 0 Å². The van der Waals surface area contributed by atoms with E-state index in [0.717, 1.165) is 5.56 Å². The molecule has 0 saturated carbocycles. The van der Waals surface area contributed by atoms with Crippen molar-refractivity contribution in [1.82, 2.24) is 0 Å². The van der Waals surface area contributed by atoms with Gasteiger partial charge in [-0.05, 0) is 30.9 Å². The topological polar surface area (TPSA) is 63.6 Å². The largest absolute Gasteiger partial charge is 0.507 e. The van der Waals surface area contributed by atoms with E-state index in [1.807, 2.05) is 6.92 Å². The van der Waals surface area contributed by atoms with Gasteiger partial charge in [0.05, 0.1) is 7.11 Å². The van der Waals surface area contributed by atoms with Crippen LogP contribution in [0.4, 0.5) is 0 Å². The van der Waals surface area contributed by atoms with Crippen LogP contribution in [0.2, 0.25) is 0 Å². The molecule has 0 bridgehead atoms. The lowest BCUT2D eigenvalue weighted by molar-refractivity contribution is 0.0594. The number of phenols is 1. The van der Waals surface area contributed by atoms with Gasteiger partial charge < -0.3 is 9.84 Å². The predicted molar refractivity (Wildman–Crippen MR) is 72.8 cm³/mol. The van der Waals surface area contributed by atoms with Gasteiger partial charge in [0.15, 0.2) is 6.29 Å². The monoisotopic (exact) mass is 262 g/mol. The first kappa shape index (κ1) is 15.0. The van der Waals surface area contributed by atoms with Gasteiger partial charge in [0.25, 0.3) is 0 Å². The number of esters is 1. The van der Waals surface area contributed by atoms with E-state index < -0.39 is 5.97 Å². The van der Waals surface area contributed by atoms with Crippen LogP contribution in [0.1, 0.15) is 44.3 Å². The van der Waals surface area contributed by atoms with E-state index >= 15 is 0 Å². The van der Waals surface area contributed by atoms with Crippen molar-refractivity contribution in [2.45, 2.75) is 26.7 Å². The summed E-state index contributed by atoms with van der Waals surface area (Å²) in [4.78, 5) is 23.0. The maximum atomic E-state index is 11.8. The van der Waals surface area contributed by atoms with Crippen LogP contribution in [0.15, 0.2) is 12.7 Å². The zero-order valence-electron chi connectivity index (χ0n) is 11.4. The number of carbonyl (C=O) groups is 2. The van der Waals surface area contributed by atoms with E-state index in [2.05, 4.69) is 11.3 Å². The minimum Gasteiger partial charge on any atom is -0.507 e. The first-order chi connectivity index (χ1) is 9.03. The van der Waals surface area contributed by atoms with Gasteiger partial charge in [-0.3, -0.25) is 4.79 Å². The number of carbonyl (C=O) groups excluding carboxylic acids is 2. The summed E-state index contributed by atoms with van der Waals surface area (Å²) < 4.78 is 4.64. The summed E-state index contributed by atoms with van der Waals surface area (Å²) in [6, 6.07) is 0. The number of methoxy groups -OCH3 is 1. The number of phenolic OH excluding ortho intramolecular Hbond substituents is 1. The number of aldehydes is 1. The smallest absolute Gasteiger partial charge is 0.342 e. The third-order valence-electron chi connectivity index (χ3n) is 3.22. The molecule has 1 rings (SSSR count). The lowest BCUT2D eigenvalue weighted by Crippen LogP contribution is -2.12. The van der Waals surface area contributed by atoms with Crippen molar-refractivity contribution in [3.8, 4) is 5.75 Å². The number of allylic oxidation sites excluding steroid dienone is 1. The summed E-state index contributed by atoms with van der Waals surface area (Å²) in [5.74, 6) is -0.896. The standard InChI is InChI=1S/C15H18O4/c1-5-7-11-10(6-2)9(3)12(8-16)13(14(11)17)15(18)19-4/h5,8,17H,1,6-7H2,2-4H3. The van der Waals surface area contributed by atoms with E-state index in [1.54, 1.807) is 13.0 Å². The average molecular weight is 262 g/mol. The van der Waals surface area contributed by atoms with Crippen LogP contribution in [-0.4, -0.2) is 24.5 Å². The highest BCUT2D eigenvalue weighted by atomic mass is 16.5. The molecule has 1 N–H and O–H groups in total. The fourth-order valence-corrected chi connectivity index (χ4v) is 2.30. The maximum Gasteiger partial charge on any atom is 0.342 e. The summed E-state index contributed by atoms with van der Waals surface area (Å²) >= 11 is 0. The van der Waals surface area contributed by atoms with Crippen LogP contribution in [0.5, 0.6) is 5.75 Å². The molecule has 0 radical (unpaired) electrons. The second-order valence-corrected chi connectivity index (χ2v) is 4.18. The molecule has 0 aliphatic carbocycles. The van der Waals surface area contributed by atoms with Gasteiger partial charge in [0, 0.05) is 11.1 Å². The Morgan fingerprint density at radius 1 is 1.42 bits per heavy atom. The lowest BCUT2D eigenvalue weighted by atomic mass is 9.89. The van der Waals surface area contributed by atoms with Gasteiger partial charge in [0.1, 0.15) is 11.3 Å². The first-order valence-electron chi connectivity index (χ1n) is 6.05. The van der Waals surface area contributed by atoms with E-state index in [4.69, 9.17) is 0 Å². The van der Waals surface area contributed by atoms with Crippen LogP contribution in [0, 0.1) is 6.92 Å². The molecule has 0 saturated heterocycles. The Bertz CT molecular complexity index is 530. The minimum atomic E-state index is -0.712. The van der Waals surface area contributed by atoms with Crippen molar-refractivity contribution < 1.29 is 19.4 Å². The highest BCUT2D eigenvalue weighted by Gasteiger charge is 2.24. The molecule has 0 aliphatic rings. The number of aromatic hydroxyl groups is 1. The molecule has 0 spiro atoms. The summed E-state index contributed by atoms with van der Waals surface area (Å²) in [6.07, 6.45) is 3.32. The van der Waals surface area contributed by atoms with Gasteiger partial charge in [0.2, 0.25) is 0 Å². The highest BCUT2D eigenvalue weighted by Crippen LogP contribution is 2.33. The normalized spacial score (nSPS) is 10.1. The second-order valence-electron chi connectivity index (χ2n) is 4.18. The lowest BCUT2D eigenvalue weighted by Gasteiger charge is -2.17. The summed E-state index contributed by atoms with van der Waals surface area (Å²) in [6.45, 7) is 7.34. The van der Waals surface area contributed by atoms with Gasteiger partial charge in [-0.15, -0.1) is 6.58 Å². The van der Waals surface area contributed by atoms with Gasteiger partial charge in [-0.25, -0.2) is 4.79 Å². The quantitative estimate of drug-likeness (QED) is 0.503. The first-order valence-corrected chi connectivity index (χ1v) is 6.05. The van der Waals surface area contributed by atoms with E-state index in [1.165, 1.54) is 7.11 Å². The number of hydrogen-bond acceptors (Lipinski definition) is 4. The molecular weight excluding hydrogens is 244 g/mol. The molecule has 4 nitrogen and oxygen atoms in total. The Balaban J connectivity index is 3.76. The van der Waals surface area contributed by atoms with Gasteiger partial charge >= 0.3 is 5.97 Å². The zero-order valence-corrected chi connectivity index (χ0v) is 11.4. The Kier molecular flexibility index (Phi) is 4.87. The summed E-state index contributed by atoms with van der Waals surface area (Å²) in [5.41, 5.74) is 2.32. The molecule has 1 aromatic rings. The number of ether oxygens (including phenoxy) is 1. The number of benzene rings is 1. The number of hydrogen-bond donors (Lipinski definition) is 1. The van der Waals surface area contributed by atoms with Gasteiger partial charge in [-0.2, -0.15) is 0 Å². The molecule has 19 heavy (non-hydrogen) atoms. The van der Waals surface area contributed by atoms with Crippen molar-refractivity contribution >= 4 is 12.3 Å². The molecule has 0 unspecified atom stereocenters. The molecule has 0 amide bonds. The minimum absolute atomic E-state index is 0.0657. The molecule has 0 aliphatic heterocycles. The van der Waals surface area contributed by atoms with E-state index in [9.17, 15) is 14.7 Å². The third-order valence-corrected chi connectivity index (χ3v) is 3.22. The molecular formula is C15H18O4. The Hall–Kier alpha value is -2.10. The molecule has 0 aromatic heterocycles. The molecule has 0 atom stereocenters. The van der Waals surface area contributed by atoms with Crippen LogP contribution < -0.4 is 0 Å². The van der Waals surface area contributed by atoms with Crippen LogP contribution in [0.3, 0.4) is 0 Å². The zero-order chi connectivity index (χ0) is 14.6. The van der Waals surface area contributed by atoms with Gasteiger partial charge in [-0.1, -0.05) is 13.0 Å². The highest BCUT2D eigenvalue weighted by molar-refractivity contribution is 6.02. The summed E-state index contributed by atoms with van der Waals surface area (Å²) in [7, 11) is 1.21. The van der Waals surface area contributed by atoms with Crippen molar-refractivity contribution in [2.75, 3.05) is 7.11 Å². The molecule has 1 aromatic carbocycles. The van der Waals surface area contributed by atoms with Crippen molar-refractivity contribution in [2.24, 2.45) is 0 Å². The van der Waals surface area contributed by atoms with Crippen LogP contribution in [0.25, 0.3) is 0 Å². The molecule has 102 valence electrons. The van der Waals surface area contributed by atoms with E-state index in [0.29, 0.717) is 30.3 Å². The van der Waals surface area contributed by atoms with Crippen LogP contribution in [-0.2, 0) is 17.6 Å². The molecule has 0 heterocycles. The third kappa shape index (κ3) is 2.52. The fourth-order valence-electron chi connectivity index (χ4n) is 2.30. The fraction of sp³-hybridized carbons (Fsp3) is 0.333. The molecule has 4 heteroatoms. The van der Waals surface area contributed by atoms with E-state index in [-0.39, 0.29) is 16.9 Å². The summed E-state index contributed by atoms with van der Waals surface area (Å²) in [5, 5.41) is 10.3. The van der Waals surface area contributed by atoms with Crippen molar-refractivity contribution in [3.05, 3.63) is 40.5 Å². The Labute approximate surface area is 112 Å². The predicted octanol–water partition coefficient (Wildman–Crippen LogP) is 2.59. The number of rotatable bonds is 5. The Morgan fingerprint density at radius 3 is 2.47 bits per heavy atom. The SMILES string of the molecule is C=CCc1c(O)c(C(=O)OC)c(C=O)c(C)c1CC. The average Bonchev–Trinajstić information content (AvgIpc) is 2.41. The van der Waals surface area contributed by atoms with Crippen LogP contribution >= 0.6 is 0 Å². The molecule has 0 fully saturated rings.